The lowest BCUT2D eigenvalue weighted by atomic mass is 10.1. The third kappa shape index (κ3) is 8.70. The first-order valence-corrected chi connectivity index (χ1v) is 8.43. The minimum Gasteiger partial charge on any atom is -0.462 e. The second-order valence-electron chi connectivity index (χ2n) is 7.05. The number of rotatable bonds is 6. The molecule has 0 saturated heterocycles. The Kier molecular flexibility index (Phi) is 7.95. The highest BCUT2D eigenvalue weighted by atomic mass is 16.6. The van der Waals surface area contributed by atoms with Gasteiger partial charge in [-0.2, -0.15) is 0 Å². The first-order valence-electron chi connectivity index (χ1n) is 8.43. The van der Waals surface area contributed by atoms with E-state index in [9.17, 15) is 14.4 Å². The van der Waals surface area contributed by atoms with Gasteiger partial charge in [-0.15, -0.1) is 0 Å². The van der Waals surface area contributed by atoms with E-state index in [0.29, 0.717) is 0 Å². The van der Waals surface area contributed by atoms with Crippen molar-refractivity contribution in [3.8, 4) is 0 Å². The molecule has 0 aromatic heterocycles. The maximum absolute atomic E-state index is 11.9. The van der Waals surface area contributed by atoms with Crippen LogP contribution in [0.4, 0.5) is 0 Å². The van der Waals surface area contributed by atoms with Crippen LogP contribution in [0.2, 0.25) is 0 Å². The molecule has 0 radical (unpaired) electrons. The van der Waals surface area contributed by atoms with Gasteiger partial charge in [0.15, 0.2) is 6.61 Å². The van der Waals surface area contributed by atoms with Crippen molar-refractivity contribution in [1.29, 1.82) is 0 Å². The second kappa shape index (κ2) is 9.45. The zero-order valence-corrected chi connectivity index (χ0v) is 14.9. The van der Waals surface area contributed by atoms with E-state index in [1.807, 2.05) is 0 Å². The first kappa shape index (κ1) is 20.2. The van der Waals surface area contributed by atoms with Gasteiger partial charge < -0.3 is 14.2 Å². The number of esters is 3. The number of hydrogen-bond acceptors (Lipinski definition) is 6. The summed E-state index contributed by atoms with van der Waals surface area (Å²) in [5, 5.41) is 0. The van der Waals surface area contributed by atoms with Gasteiger partial charge >= 0.3 is 17.9 Å². The summed E-state index contributed by atoms with van der Waals surface area (Å²) in [5.74, 6) is -1.93. The summed E-state index contributed by atoms with van der Waals surface area (Å²) in [6, 6.07) is 0. The number of ether oxygens (including phenoxy) is 3. The molecule has 1 rings (SSSR count). The smallest absolute Gasteiger partial charge is 0.344 e. The molecule has 0 bridgehead atoms. The average Bonchev–Trinajstić information content (AvgIpc) is 2.71. The number of carbonyl (C=O) groups excluding carboxylic acids is 3. The molecule has 0 aliphatic heterocycles. The van der Waals surface area contributed by atoms with Crippen molar-refractivity contribution in [3.63, 3.8) is 0 Å². The Labute approximate surface area is 143 Å². The maximum Gasteiger partial charge on any atom is 0.344 e. The maximum atomic E-state index is 11.9. The Morgan fingerprint density at radius 2 is 1.58 bits per heavy atom. The molecule has 0 heterocycles. The van der Waals surface area contributed by atoms with Crippen LogP contribution >= 0.6 is 0 Å². The van der Waals surface area contributed by atoms with Crippen molar-refractivity contribution < 1.29 is 28.6 Å². The van der Waals surface area contributed by atoms with Crippen LogP contribution in [-0.2, 0) is 28.6 Å². The van der Waals surface area contributed by atoms with Crippen molar-refractivity contribution in [2.45, 2.75) is 77.4 Å². The normalized spacial score (nSPS) is 16.0. The SMILES string of the molecule is C=C(CC(=O)OC1CCCCCC1)C(=O)OCC(=O)OC(C)(C)C. The van der Waals surface area contributed by atoms with Crippen molar-refractivity contribution >= 4 is 17.9 Å². The quantitative estimate of drug-likeness (QED) is 0.320. The molecular formula is C18H28O6. The van der Waals surface area contributed by atoms with Crippen molar-refractivity contribution in [3.05, 3.63) is 12.2 Å². The van der Waals surface area contributed by atoms with E-state index < -0.39 is 30.1 Å². The van der Waals surface area contributed by atoms with E-state index in [-0.39, 0.29) is 18.1 Å². The van der Waals surface area contributed by atoms with Gasteiger partial charge in [-0.1, -0.05) is 19.4 Å². The first-order chi connectivity index (χ1) is 11.2. The van der Waals surface area contributed by atoms with E-state index in [2.05, 4.69) is 6.58 Å². The monoisotopic (exact) mass is 340 g/mol. The third-order valence-electron chi connectivity index (χ3n) is 3.49. The highest BCUT2D eigenvalue weighted by molar-refractivity contribution is 5.94. The fraction of sp³-hybridized carbons (Fsp3) is 0.722. The second-order valence-corrected chi connectivity index (χ2v) is 7.05. The molecule has 6 nitrogen and oxygen atoms in total. The highest BCUT2D eigenvalue weighted by Gasteiger charge is 2.21. The van der Waals surface area contributed by atoms with E-state index >= 15 is 0 Å². The van der Waals surface area contributed by atoms with Crippen LogP contribution in [0.15, 0.2) is 12.2 Å². The molecule has 0 N–H and O–H groups in total. The molecule has 6 heteroatoms. The van der Waals surface area contributed by atoms with E-state index in [1.54, 1.807) is 20.8 Å². The summed E-state index contributed by atoms with van der Waals surface area (Å²) < 4.78 is 15.2. The summed E-state index contributed by atoms with van der Waals surface area (Å²) in [4.78, 5) is 35.1. The van der Waals surface area contributed by atoms with Crippen LogP contribution in [0.5, 0.6) is 0 Å². The lowest BCUT2D eigenvalue weighted by Crippen LogP contribution is -2.27. The molecule has 1 aliphatic carbocycles. The van der Waals surface area contributed by atoms with Gasteiger partial charge in [-0.3, -0.25) is 4.79 Å². The Morgan fingerprint density at radius 1 is 1.00 bits per heavy atom. The number of hydrogen-bond donors (Lipinski definition) is 0. The lowest BCUT2D eigenvalue weighted by molar-refractivity contribution is -0.165. The molecule has 1 saturated carbocycles. The molecule has 0 amide bonds. The highest BCUT2D eigenvalue weighted by Crippen LogP contribution is 2.20. The van der Waals surface area contributed by atoms with E-state index in [1.165, 1.54) is 0 Å². The molecule has 1 aliphatic rings. The summed E-state index contributed by atoms with van der Waals surface area (Å²) in [6.45, 7) is 8.18. The summed E-state index contributed by atoms with van der Waals surface area (Å²) in [7, 11) is 0. The van der Waals surface area contributed by atoms with Crippen molar-refractivity contribution in [2.24, 2.45) is 0 Å². The predicted octanol–water partition coefficient (Wildman–Crippen LogP) is 3.08. The van der Waals surface area contributed by atoms with Gasteiger partial charge in [0.1, 0.15) is 11.7 Å². The molecule has 24 heavy (non-hydrogen) atoms. The third-order valence-corrected chi connectivity index (χ3v) is 3.49. The lowest BCUT2D eigenvalue weighted by Gasteiger charge is -2.19. The zero-order chi connectivity index (χ0) is 18.2. The van der Waals surface area contributed by atoms with Crippen molar-refractivity contribution in [1.82, 2.24) is 0 Å². The fourth-order valence-corrected chi connectivity index (χ4v) is 2.43. The fourth-order valence-electron chi connectivity index (χ4n) is 2.43. The van der Waals surface area contributed by atoms with Crippen LogP contribution in [0.25, 0.3) is 0 Å². The molecular weight excluding hydrogens is 312 g/mol. The Bertz CT molecular complexity index is 466. The Hall–Kier alpha value is -1.85. The van der Waals surface area contributed by atoms with Gasteiger partial charge in [0.2, 0.25) is 0 Å². The summed E-state index contributed by atoms with van der Waals surface area (Å²) >= 11 is 0. The Morgan fingerprint density at radius 3 is 2.12 bits per heavy atom. The van der Waals surface area contributed by atoms with Crippen LogP contribution in [0.1, 0.15) is 65.7 Å². The standard InChI is InChI=1S/C18H28O6/c1-13(17(21)22-12-16(20)24-18(2,3)4)11-15(19)23-14-9-7-5-6-8-10-14/h14H,1,5-12H2,2-4H3. The summed E-state index contributed by atoms with van der Waals surface area (Å²) in [6.07, 6.45) is 5.85. The van der Waals surface area contributed by atoms with Crippen molar-refractivity contribution in [2.75, 3.05) is 6.61 Å². The largest absolute Gasteiger partial charge is 0.462 e. The topological polar surface area (TPSA) is 78.9 Å². The average molecular weight is 340 g/mol. The van der Waals surface area contributed by atoms with E-state index in [0.717, 1.165) is 38.5 Å². The van der Waals surface area contributed by atoms with E-state index in [4.69, 9.17) is 14.2 Å². The zero-order valence-electron chi connectivity index (χ0n) is 14.9. The van der Waals surface area contributed by atoms with Gasteiger partial charge in [-0.05, 0) is 46.5 Å². The van der Waals surface area contributed by atoms with Gasteiger partial charge in [0.25, 0.3) is 0 Å². The molecule has 0 unspecified atom stereocenters. The van der Waals surface area contributed by atoms with Crippen LogP contribution in [0, 0.1) is 0 Å². The van der Waals surface area contributed by atoms with Gasteiger partial charge in [-0.25, -0.2) is 9.59 Å². The summed E-state index contributed by atoms with van der Waals surface area (Å²) in [5.41, 5.74) is -0.680. The predicted molar refractivity (Wildman–Crippen MR) is 88.1 cm³/mol. The minimum atomic E-state index is -0.793. The molecule has 0 atom stereocenters. The van der Waals surface area contributed by atoms with Gasteiger partial charge in [0, 0.05) is 5.57 Å². The molecule has 0 spiro atoms. The minimum absolute atomic E-state index is 0.0304. The molecule has 0 aromatic carbocycles. The molecule has 136 valence electrons. The number of carbonyl (C=O) groups is 3. The van der Waals surface area contributed by atoms with Crippen LogP contribution in [-0.4, -0.2) is 36.2 Å². The van der Waals surface area contributed by atoms with Crippen LogP contribution < -0.4 is 0 Å². The Balaban J connectivity index is 2.31. The van der Waals surface area contributed by atoms with Gasteiger partial charge in [0.05, 0.1) is 6.42 Å². The molecule has 1 fully saturated rings. The molecule has 0 aromatic rings. The van der Waals surface area contributed by atoms with Crippen LogP contribution in [0.3, 0.4) is 0 Å².